The average Bonchev–Trinajstić information content (AvgIpc) is 3.30. The predicted molar refractivity (Wildman–Crippen MR) is 108 cm³/mol. The number of carbonyl (C=O) groups excluding carboxylic acids is 1. The van der Waals surface area contributed by atoms with E-state index in [0.717, 1.165) is 40.6 Å². The maximum absolute atomic E-state index is 13.3. The first-order valence-electron chi connectivity index (χ1n) is 9.17. The van der Waals surface area contributed by atoms with Gasteiger partial charge in [0.1, 0.15) is 17.6 Å². The van der Waals surface area contributed by atoms with Crippen LogP contribution in [0.5, 0.6) is 0 Å². The molecule has 0 spiro atoms. The minimum absolute atomic E-state index is 0.182. The van der Waals surface area contributed by atoms with Gasteiger partial charge in [0.2, 0.25) is 0 Å². The van der Waals surface area contributed by atoms with Gasteiger partial charge in [0.25, 0.3) is 0 Å². The summed E-state index contributed by atoms with van der Waals surface area (Å²) in [6, 6.07) is 15.9. The number of aryl methyl sites for hydroxylation is 1. The molecule has 2 atom stereocenters. The van der Waals surface area contributed by atoms with E-state index in [4.69, 9.17) is 4.42 Å². The fraction of sp³-hybridized carbons (Fsp3) is 0.227. The van der Waals surface area contributed by atoms with E-state index in [2.05, 4.69) is 28.1 Å². The number of para-hydroxylation sites is 2. The van der Waals surface area contributed by atoms with Crippen LogP contribution < -0.4 is 10.6 Å². The van der Waals surface area contributed by atoms with Gasteiger partial charge >= 0.3 is 0 Å². The van der Waals surface area contributed by atoms with Gasteiger partial charge in [-0.05, 0) is 49.1 Å². The number of nitrogens with one attached hydrogen (secondary N) is 2. The van der Waals surface area contributed by atoms with E-state index in [1.807, 2.05) is 43.3 Å². The maximum Gasteiger partial charge on any atom is 0.163 e. The van der Waals surface area contributed by atoms with Crippen LogP contribution in [0.1, 0.15) is 41.2 Å². The van der Waals surface area contributed by atoms with E-state index in [-0.39, 0.29) is 17.7 Å². The molecular weight excluding hydrogens is 356 g/mol. The number of hydrogen-bond acceptors (Lipinski definition) is 5. The van der Waals surface area contributed by atoms with Crippen molar-refractivity contribution in [2.75, 3.05) is 10.6 Å². The van der Waals surface area contributed by atoms with Crippen molar-refractivity contribution in [3.8, 4) is 0 Å². The second-order valence-electron chi connectivity index (χ2n) is 7.13. The quantitative estimate of drug-likeness (QED) is 0.609. The number of ketones is 1. The van der Waals surface area contributed by atoms with Crippen LogP contribution in [0.25, 0.3) is 0 Å². The second-order valence-corrected chi connectivity index (χ2v) is 8.11. The molecule has 1 aliphatic heterocycles. The van der Waals surface area contributed by atoms with Gasteiger partial charge < -0.3 is 15.1 Å². The van der Waals surface area contributed by atoms with Gasteiger partial charge in [-0.25, -0.2) is 0 Å². The van der Waals surface area contributed by atoms with Crippen molar-refractivity contribution in [3.63, 3.8) is 0 Å². The van der Waals surface area contributed by atoms with Crippen LogP contribution in [-0.2, 0) is 4.79 Å². The molecule has 2 aromatic heterocycles. The largest absolute Gasteiger partial charge is 0.464 e. The fourth-order valence-corrected chi connectivity index (χ4v) is 4.87. The number of allylic oxidation sites excluding steroid dienone is 1. The molecule has 0 bridgehead atoms. The lowest BCUT2D eigenvalue weighted by Crippen LogP contribution is -2.26. The lowest BCUT2D eigenvalue weighted by atomic mass is 9.82. The summed E-state index contributed by atoms with van der Waals surface area (Å²) in [5.41, 5.74) is 3.77. The fourth-order valence-electron chi connectivity index (χ4n) is 4.04. The number of Topliss-reactive ketones (excluding diaryl/α,β-unsaturated/α-hetero) is 1. The van der Waals surface area contributed by atoms with E-state index in [1.165, 1.54) is 4.88 Å². The Labute approximate surface area is 161 Å². The molecule has 27 heavy (non-hydrogen) atoms. The monoisotopic (exact) mass is 376 g/mol. The molecule has 3 heterocycles. The molecule has 5 heteroatoms. The molecule has 0 saturated heterocycles. The third kappa shape index (κ3) is 2.88. The van der Waals surface area contributed by atoms with Crippen LogP contribution >= 0.6 is 11.3 Å². The molecule has 4 nitrogen and oxygen atoms in total. The Kier molecular flexibility index (Phi) is 3.90. The topological polar surface area (TPSA) is 54.3 Å². The van der Waals surface area contributed by atoms with Crippen molar-refractivity contribution in [2.45, 2.75) is 31.7 Å². The highest BCUT2D eigenvalue weighted by Gasteiger charge is 2.37. The molecule has 2 N–H and O–H groups in total. The van der Waals surface area contributed by atoms with Crippen LogP contribution in [-0.4, -0.2) is 5.78 Å². The average molecular weight is 376 g/mol. The third-order valence-corrected chi connectivity index (χ3v) is 6.33. The number of benzene rings is 1. The van der Waals surface area contributed by atoms with E-state index in [0.29, 0.717) is 6.42 Å². The summed E-state index contributed by atoms with van der Waals surface area (Å²) < 4.78 is 5.92. The first kappa shape index (κ1) is 16.4. The highest BCUT2D eigenvalue weighted by atomic mass is 32.1. The molecule has 1 aliphatic carbocycles. The molecule has 0 unspecified atom stereocenters. The summed E-state index contributed by atoms with van der Waals surface area (Å²) >= 11 is 1.73. The van der Waals surface area contributed by atoms with E-state index in [1.54, 1.807) is 11.3 Å². The zero-order chi connectivity index (χ0) is 18.4. The number of carbonyl (C=O) groups is 1. The standard InChI is InChI=1S/C22H20N2O2S/c1-13-8-9-19(26-13)22-21-17(23-15-5-2-3-6-16(15)24-22)11-14(12-18(21)25)20-7-4-10-27-20/h2-10,14,22-24H,11-12H2,1H3/t14-,22-/m1/s1. The molecule has 136 valence electrons. The molecule has 5 rings (SSSR count). The summed E-state index contributed by atoms with van der Waals surface area (Å²) in [4.78, 5) is 14.5. The van der Waals surface area contributed by atoms with Crippen molar-refractivity contribution in [2.24, 2.45) is 0 Å². The summed E-state index contributed by atoms with van der Waals surface area (Å²) in [5, 5.41) is 9.16. The van der Waals surface area contributed by atoms with Crippen LogP contribution in [0.3, 0.4) is 0 Å². The first-order chi connectivity index (χ1) is 13.2. The van der Waals surface area contributed by atoms with Crippen molar-refractivity contribution >= 4 is 28.5 Å². The first-order valence-corrected chi connectivity index (χ1v) is 10.1. The zero-order valence-corrected chi connectivity index (χ0v) is 15.8. The zero-order valence-electron chi connectivity index (χ0n) is 15.0. The van der Waals surface area contributed by atoms with Crippen LogP contribution in [0.4, 0.5) is 11.4 Å². The normalized spacial score (nSPS) is 21.7. The van der Waals surface area contributed by atoms with E-state index < -0.39 is 0 Å². The van der Waals surface area contributed by atoms with Gasteiger partial charge in [-0.3, -0.25) is 4.79 Å². The highest BCUT2D eigenvalue weighted by molar-refractivity contribution is 7.10. The Balaban J connectivity index is 1.62. The van der Waals surface area contributed by atoms with Gasteiger partial charge in [0, 0.05) is 28.5 Å². The van der Waals surface area contributed by atoms with Gasteiger partial charge in [-0.1, -0.05) is 18.2 Å². The van der Waals surface area contributed by atoms with Crippen LogP contribution in [0.15, 0.2) is 69.6 Å². The minimum atomic E-state index is -0.276. The van der Waals surface area contributed by atoms with Gasteiger partial charge in [0.15, 0.2) is 5.78 Å². The molecule has 3 aromatic rings. The van der Waals surface area contributed by atoms with Gasteiger partial charge in [-0.2, -0.15) is 0 Å². The smallest absolute Gasteiger partial charge is 0.163 e. The Morgan fingerprint density at radius 1 is 1.04 bits per heavy atom. The summed E-state index contributed by atoms with van der Waals surface area (Å²) in [6.07, 6.45) is 1.36. The molecule has 0 amide bonds. The Morgan fingerprint density at radius 2 is 1.89 bits per heavy atom. The number of hydrogen-bond donors (Lipinski definition) is 2. The molecule has 2 aliphatic rings. The maximum atomic E-state index is 13.3. The third-order valence-electron chi connectivity index (χ3n) is 5.30. The van der Waals surface area contributed by atoms with Crippen molar-refractivity contribution < 1.29 is 9.21 Å². The number of thiophene rings is 1. The van der Waals surface area contributed by atoms with Crippen LogP contribution in [0.2, 0.25) is 0 Å². The minimum Gasteiger partial charge on any atom is -0.464 e. The van der Waals surface area contributed by atoms with Gasteiger partial charge in [0.05, 0.1) is 11.4 Å². The molecule has 0 saturated carbocycles. The second kappa shape index (κ2) is 6.43. The van der Waals surface area contributed by atoms with Crippen molar-refractivity contribution in [1.82, 2.24) is 0 Å². The predicted octanol–water partition coefficient (Wildman–Crippen LogP) is 5.63. The highest BCUT2D eigenvalue weighted by Crippen LogP contribution is 2.45. The summed E-state index contributed by atoms with van der Waals surface area (Å²) in [7, 11) is 0. The molecular formula is C22H20N2O2S. The number of rotatable bonds is 2. The van der Waals surface area contributed by atoms with Crippen molar-refractivity contribution in [1.29, 1.82) is 0 Å². The Morgan fingerprint density at radius 3 is 2.63 bits per heavy atom. The summed E-state index contributed by atoms with van der Waals surface area (Å²) in [6.45, 7) is 1.93. The SMILES string of the molecule is Cc1ccc([C@H]2Nc3ccccc3NC3=C2C(=O)C[C@H](c2cccs2)C3)o1. The van der Waals surface area contributed by atoms with Gasteiger partial charge in [-0.15, -0.1) is 11.3 Å². The number of furan rings is 1. The van der Waals surface area contributed by atoms with E-state index in [9.17, 15) is 4.79 Å². The van der Waals surface area contributed by atoms with Crippen molar-refractivity contribution in [3.05, 3.63) is 81.6 Å². The van der Waals surface area contributed by atoms with Crippen LogP contribution in [0, 0.1) is 6.92 Å². The Hall–Kier alpha value is -2.79. The lowest BCUT2D eigenvalue weighted by molar-refractivity contribution is -0.116. The van der Waals surface area contributed by atoms with E-state index >= 15 is 0 Å². The molecule has 0 radical (unpaired) electrons. The number of anilines is 2. The molecule has 0 fully saturated rings. The number of fused-ring (bicyclic) bond motifs is 1. The summed E-state index contributed by atoms with van der Waals surface area (Å²) in [5.74, 6) is 2.04. The Bertz CT molecular complexity index is 1030. The molecule has 1 aromatic carbocycles. The lowest BCUT2D eigenvalue weighted by Gasteiger charge is -2.28.